The van der Waals surface area contributed by atoms with Crippen LogP contribution in [0, 0.1) is 11.8 Å². The molecule has 25 nitrogen and oxygen atoms in total. The van der Waals surface area contributed by atoms with Gasteiger partial charge in [0, 0.05) is 68.1 Å². The maximum absolute atomic E-state index is 14.7. The first kappa shape index (κ1) is 64.2. The van der Waals surface area contributed by atoms with Gasteiger partial charge in [-0.3, -0.25) is 44.3 Å². The zero-order valence-electron chi connectivity index (χ0n) is 44.2. The number of carbonyl (C=O) groups is 11. The van der Waals surface area contributed by atoms with E-state index >= 15 is 0 Å². The second kappa shape index (κ2) is 29.0. The van der Waals surface area contributed by atoms with E-state index in [-0.39, 0.29) is 25.2 Å². The average Bonchev–Trinajstić information content (AvgIpc) is 3.31. The molecule has 408 valence electrons. The molecule has 0 aromatic carbocycles. The van der Waals surface area contributed by atoms with Crippen LogP contribution in [-0.2, 0) is 28.8 Å². The van der Waals surface area contributed by atoms with Crippen molar-refractivity contribution in [3.05, 3.63) is 12.7 Å². The van der Waals surface area contributed by atoms with E-state index in [0.717, 1.165) is 47.7 Å². The Kier molecular flexibility index (Phi) is 25.8. The van der Waals surface area contributed by atoms with E-state index in [1.165, 1.54) is 59.9 Å². The van der Waals surface area contributed by atoms with Crippen molar-refractivity contribution in [2.75, 3.05) is 67.4 Å². The maximum Gasteiger partial charge on any atom is 0.334 e. The smallest absolute Gasteiger partial charge is 0.334 e. The summed E-state index contributed by atoms with van der Waals surface area (Å²) in [6.45, 7) is 13.9. The van der Waals surface area contributed by atoms with E-state index < -0.39 is 132 Å². The summed E-state index contributed by atoms with van der Waals surface area (Å²) in [6, 6.07) is -15.4. The summed E-state index contributed by atoms with van der Waals surface area (Å²) >= 11 is 1.28. The van der Waals surface area contributed by atoms with Crippen molar-refractivity contribution in [1.82, 2.24) is 55.6 Å². The third kappa shape index (κ3) is 17.7. The molecule has 0 aromatic rings. The van der Waals surface area contributed by atoms with Crippen LogP contribution in [0.2, 0.25) is 0 Å². The number of carbonyl (C=O) groups excluding carboxylic acids is 11. The van der Waals surface area contributed by atoms with E-state index in [4.69, 9.17) is 0 Å². The molecule has 1 heterocycles. The van der Waals surface area contributed by atoms with Gasteiger partial charge in [0.15, 0.2) is 0 Å². The number of hydrogen-bond acceptors (Lipinski definition) is 15. The molecule has 16 amide bonds. The molecule has 0 saturated carbocycles. The normalized spacial score (nSPS) is 24.2. The Morgan fingerprint density at radius 1 is 0.681 bits per heavy atom. The molecular formula is C46H79N11O14S. The lowest BCUT2D eigenvalue weighted by atomic mass is 9.92. The van der Waals surface area contributed by atoms with Crippen LogP contribution in [-0.4, -0.2) is 231 Å². The molecular weight excluding hydrogens is 963 g/mol. The van der Waals surface area contributed by atoms with E-state index in [2.05, 4.69) is 17.2 Å². The van der Waals surface area contributed by atoms with Gasteiger partial charge in [0.25, 0.3) is 11.8 Å². The molecule has 0 unspecified atom stereocenters. The highest BCUT2D eigenvalue weighted by atomic mass is 32.2. The van der Waals surface area contributed by atoms with Crippen LogP contribution in [0.5, 0.6) is 0 Å². The number of allylic oxidation sites excluding steroid dienone is 1. The number of aliphatic hydroxyl groups excluding tert-OH is 2. The van der Waals surface area contributed by atoms with Crippen molar-refractivity contribution < 1.29 is 68.1 Å². The lowest BCUT2D eigenvalue weighted by Gasteiger charge is -2.40. The van der Waals surface area contributed by atoms with Crippen molar-refractivity contribution in [1.29, 1.82) is 0 Å². The molecule has 1 aliphatic rings. The van der Waals surface area contributed by atoms with E-state index in [9.17, 15) is 68.1 Å². The summed E-state index contributed by atoms with van der Waals surface area (Å²) in [5.74, 6) is -6.69. The molecule has 26 heteroatoms. The number of nitrogens with one attached hydrogen (secondary N) is 4. The fourth-order valence-corrected chi connectivity index (χ4v) is 8.87. The Balaban J connectivity index is 4.14. The summed E-state index contributed by atoms with van der Waals surface area (Å²) in [5.41, 5.74) is -1.66. The van der Waals surface area contributed by atoms with Gasteiger partial charge >= 0.3 is 30.2 Å². The number of rotatable bonds is 15. The summed E-state index contributed by atoms with van der Waals surface area (Å²) in [5, 5.41) is 40.6. The van der Waals surface area contributed by atoms with Crippen LogP contribution in [0.3, 0.4) is 0 Å². The highest BCUT2D eigenvalue weighted by molar-refractivity contribution is 7.99. The lowest BCUT2D eigenvalue weighted by Crippen LogP contribution is -2.64. The van der Waals surface area contributed by atoms with E-state index in [1.807, 2.05) is 10.6 Å². The average molecular weight is 1040 g/mol. The predicted molar refractivity (Wildman–Crippen MR) is 267 cm³/mol. The summed E-state index contributed by atoms with van der Waals surface area (Å²) in [6.07, 6.45) is 1.37. The van der Waals surface area contributed by atoms with Crippen molar-refractivity contribution in [2.45, 2.75) is 135 Å². The number of amides is 16. The van der Waals surface area contributed by atoms with Crippen LogP contribution < -0.4 is 21.3 Å². The molecule has 0 spiro atoms. The van der Waals surface area contributed by atoms with E-state index in [1.54, 1.807) is 27.7 Å². The number of urea groups is 5. The van der Waals surface area contributed by atoms with Crippen LogP contribution in [0.4, 0.5) is 24.0 Å². The number of imide groups is 5. The van der Waals surface area contributed by atoms with Gasteiger partial charge in [-0.15, -0.1) is 6.58 Å². The van der Waals surface area contributed by atoms with Crippen LogP contribution in [0.15, 0.2) is 12.7 Å². The van der Waals surface area contributed by atoms with Crippen molar-refractivity contribution in [3.8, 4) is 0 Å². The molecule has 72 heavy (non-hydrogen) atoms. The molecule has 7 N–H and O–H groups in total. The molecule has 1 fully saturated rings. The second-order valence-electron chi connectivity index (χ2n) is 19.0. The van der Waals surface area contributed by atoms with Gasteiger partial charge < -0.3 is 45.6 Å². The number of thioether (sulfide) groups is 1. The van der Waals surface area contributed by atoms with E-state index in [0.29, 0.717) is 39.7 Å². The van der Waals surface area contributed by atoms with Crippen molar-refractivity contribution >= 4 is 77.4 Å². The molecule has 8 atom stereocenters. The molecule has 0 bridgehead atoms. The summed E-state index contributed by atoms with van der Waals surface area (Å²) < 4.78 is 0. The van der Waals surface area contributed by atoms with Crippen LogP contribution in [0.25, 0.3) is 0 Å². The van der Waals surface area contributed by atoms with Gasteiger partial charge in [-0.05, 0) is 64.0 Å². The first-order valence-corrected chi connectivity index (χ1v) is 24.8. The third-order valence-corrected chi connectivity index (χ3v) is 13.3. The number of unbranched alkanes of at least 4 members (excludes halogenated alkanes) is 2. The Labute approximate surface area is 426 Å². The van der Waals surface area contributed by atoms with Gasteiger partial charge in [-0.25, -0.2) is 33.8 Å². The van der Waals surface area contributed by atoms with Gasteiger partial charge in [0.1, 0.15) is 36.3 Å². The second-order valence-corrected chi connectivity index (χ2v) is 20.1. The Morgan fingerprint density at radius 3 is 1.78 bits per heavy atom. The topological polar surface area (TPSA) is 319 Å². The Bertz CT molecular complexity index is 1990. The lowest BCUT2D eigenvalue weighted by molar-refractivity contribution is -0.151. The zero-order valence-corrected chi connectivity index (χ0v) is 45.0. The first-order chi connectivity index (χ1) is 33.3. The molecule has 1 aliphatic heterocycles. The van der Waals surface area contributed by atoms with Gasteiger partial charge in [-0.1, -0.05) is 40.2 Å². The molecule has 0 aliphatic carbocycles. The summed E-state index contributed by atoms with van der Waals surface area (Å²) in [7, 11) is 7.89. The molecule has 0 aromatic heterocycles. The molecule has 1 rings (SSSR count). The molecule has 0 radical (unpaired) electrons. The minimum Gasteiger partial charge on any atom is -0.396 e. The monoisotopic (exact) mass is 1040 g/mol. The van der Waals surface area contributed by atoms with Crippen LogP contribution in [0.1, 0.15) is 87.0 Å². The number of hydrogen-bond donors (Lipinski definition) is 7. The minimum atomic E-state index is -1.71. The minimum absolute atomic E-state index is 0.0237. The number of likely N-dealkylation sites (N-methyl/N-ethyl adjacent to an activating group) is 5. The number of aliphatic hydroxyl groups is 3. The maximum atomic E-state index is 14.7. The Hall–Kier alpha value is -5.86. The highest BCUT2D eigenvalue weighted by Gasteiger charge is 2.45. The zero-order chi connectivity index (χ0) is 55.7. The molecule has 1 saturated heterocycles. The van der Waals surface area contributed by atoms with Gasteiger partial charge in [-0.2, -0.15) is 11.8 Å². The summed E-state index contributed by atoms with van der Waals surface area (Å²) in [4.78, 5) is 158. The predicted octanol–water partition coefficient (Wildman–Crippen LogP) is 0.568. The van der Waals surface area contributed by atoms with Crippen molar-refractivity contribution in [2.24, 2.45) is 11.8 Å². The van der Waals surface area contributed by atoms with Crippen molar-refractivity contribution in [3.63, 3.8) is 0 Å². The SMILES string of the molecule is C=CC[C@@H](C)[C@@H](O)[C@H]1C(=O)N[C@@H](CC)C(=O)N(C)[C@@H](CSCCCCCO)C(=O)N(C)[C@@H](CC(C)(C)O)C(=O)NC(=O)N(C)C(=O)NC(=O)N[C@H](C)C(=O)N(C)C(=O)N(C)C(=O)N(C)[C@@H](C(C)C)C(=O)N1C. The largest absolute Gasteiger partial charge is 0.396 e. The standard InChI is InChI=1S/C46H79N11O14S/c1-16-21-27(5)34(59)33-36(61)48-29(17-2)38(63)52(10)31(25-72-23-20-18-19-22-58)39(64)51(9)30(24-46(7,8)71)35(60)49-42(67)56(14)43(68)50-41(66)47-28(6)37(62)55(13)45(70)57(15)44(69)54(12)32(26(3)4)40(65)53(33)11/h16,26-34,58-59,71H,1,17-25H2,2-15H3,(H,48,61)(H,49,60,67)(H2,47,50,66,68)/t27-,28-,29+,30+,31+,32+,33+,34-/m1/s1. The fraction of sp³-hybridized carbons (Fsp3) is 0.717. The highest BCUT2D eigenvalue weighted by Crippen LogP contribution is 2.23. The Morgan fingerprint density at radius 2 is 1.25 bits per heavy atom. The third-order valence-electron chi connectivity index (χ3n) is 12.2. The number of nitrogens with zero attached hydrogens (tertiary/aromatic N) is 7. The quantitative estimate of drug-likeness (QED) is 0.0871. The first-order valence-electron chi connectivity index (χ1n) is 23.6. The van der Waals surface area contributed by atoms with Gasteiger partial charge in [0.05, 0.1) is 11.7 Å². The van der Waals surface area contributed by atoms with Crippen LogP contribution >= 0.6 is 11.8 Å². The van der Waals surface area contributed by atoms with Gasteiger partial charge in [0.2, 0.25) is 23.6 Å². The fourth-order valence-electron chi connectivity index (χ4n) is 7.70.